The number of aromatic nitrogens is 1. The number of thiazole rings is 1. The van der Waals surface area contributed by atoms with Gasteiger partial charge in [-0.15, -0.1) is 11.3 Å². The lowest BCUT2D eigenvalue weighted by Gasteiger charge is -2.15. The SMILES string of the molecule is CCNCc1ccccc1NC(=O)Cc1csc(NC(=O)C(C)(C)C)n1. The first-order valence-electron chi connectivity index (χ1n) is 8.64. The molecule has 1 heterocycles. The first kappa shape index (κ1) is 20.1. The van der Waals surface area contributed by atoms with Crippen LogP contribution in [0.4, 0.5) is 10.8 Å². The minimum absolute atomic E-state index is 0.0970. The van der Waals surface area contributed by atoms with Crippen LogP contribution in [-0.2, 0) is 22.6 Å². The lowest BCUT2D eigenvalue weighted by molar-refractivity contribution is -0.123. The van der Waals surface area contributed by atoms with Gasteiger partial charge in [-0.3, -0.25) is 9.59 Å². The molecule has 0 saturated heterocycles. The second kappa shape index (κ2) is 8.91. The van der Waals surface area contributed by atoms with Crippen molar-refractivity contribution in [1.82, 2.24) is 10.3 Å². The maximum Gasteiger partial charge on any atom is 0.231 e. The summed E-state index contributed by atoms with van der Waals surface area (Å²) in [6.07, 6.45) is 0.164. The molecule has 2 aromatic rings. The van der Waals surface area contributed by atoms with Crippen molar-refractivity contribution in [3.05, 3.63) is 40.9 Å². The van der Waals surface area contributed by atoms with Crippen molar-refractivity contribution in [3.8, 4) is 0 Å². The van der Waals surface area contributed by atoms with Gasteiger partial charge in [0.25, 0.3) is 0 Å². The van der Waals surface area contributed by atoms with E-state index in [2.05, 4.69) is 20.9 Å². The Hall–Kier alpha value is -2.25. The molecule has 6 nitrogen and oxygen atoms in total. The first-order valence-corrected chi connectivity index (χ1v) is 9.52. The normalized spacial score (nSPS) is 11.2. The number of carbonyl (C=O) groups is 2. The minimum Gasteiger partial charge on any atom is -0.325 e. The summed E-state index contributed by atoms with van der Waals surface area (Å²) < 4.78 is 0. The van der Waals surface area contributed by atoms with E-state index in [1.165, 1.54) is 11.3 Å². The van der Waals surface area contributed by atoms with Crippen LogP contribution in [0.15, 0.2) is 29.6 Å². The summed E-state index contributed by atoms with van der Waals surface area (Å²) in [6.45, 7) is 9.13. The fourth-order valence-electron chi connectivity index (χ4n) is 2.15. The third-order valence-corrected chi connectivity index (χ3v) is 4.46. The summed E-state index contributed by atoms with van der Waals surface area (Å²) in [6, 6.07) is 7.73. The number of rotatable bonds is 7. The van der Waals surface area contributed by atoms with E-state index in [0.29, 0.717) is 17.4 Å². The van der Waals surface area contributed by atoms with Crippen LogP contribution < -0.4 is 16.0 Å². The van der Waals surface area contributed by atoms with Crippen LogP contribution in [0.1, 0.15) is 39.0 Å². The van der Waals surface area contributed by atoms with E-state index < -0.39 is 5.41 Å². The Morgan fingerprint density at radius 3 is 2.58 bits per heavy atom. The molecule has 0 saturated carbocycles. The van der Waals surface area contributed by atoms with Crippen molar-refractivity contribution in [3.63, 3.8) is 0 Å². The highest BCUT2D eigenvalue weighted by atomic mass is 32.1. The quantitative estimate of drug-likeness (QED) is 0.693. The molecule has 0 spiro atoms. The topological polar surface area (TPSA) is 83.1 Å². The Kier molecular flexibility index (Phi) is 6.88. The molecule has 1 aromatic heterocycles. The Morgan fingerprint density at radius 1 is 1.15 bits per heavy atom. The molecule has 0 aliphatic heterocycles. The molecule has 0 unspecified atom stereocenters. The maximum atomic E-state index is 12.3. The van der Waals surface area contributed by atoms with Crippen molar-refractivity contribution in [1.29, 1.82) is 0 Å². The van der Waals surface area contributed by atoms with Gasteiger partial charge in [-0.05, 0) is 18.2 Å². The number of amides is 2. The molecule has 0 fully saturated rings. The predicted molar refractivity (Wildman–Crippen MR) is 106 cm³/mol. The predicted octanol–water partition coefficient (Wildman–Crippen LogP) is 3.42. The molecule has 1 aromatic carbocycles. The lowest BCUT2D eigenvalue weighted by Crippen LogP contribution is -2.27. The minimum atomic E-state index is -0.487. The van der Waals surface area contributed by atoms with E-state index in [-0.39, 0.29) is 18.2 Å². The molecule has 2 amide bonds. The number of hydrogen-bond acceptors (Lipinski definition) is 5. The summed E-state index contributed by atoms with van der Waals surface area (Å²) >= 11 is 1.32. The molecule has 3 N–H and O–H groups in total. The van der Waals surface area contributed by atoms with Gasteiger partial charge in [0, 0.05) is 23.0 Å². The van der Waals surface area contributed by atoms with Crippen LogP contribution in [-0.4, -0.2) is 23.3 Å². The Bertz CT molecular complexity index is 765. The fraction of sp³-hybridized carbons (Fsp3) is 0.421. The largest absolute Gasteiger partial charge is 0.325 e. The van der Waals surface area contributed by atoms with Gasteiger partial charge >= 0.3 is 0 Å². The van der Waals surface area contributed by atoms with E-state index in [0.717, 1.165) is 17.8 Å². The molecule has 7 heteroatoms. The van der Waals surface area contributed by atoms with Crippen LogP contribution in [0.2, 0.25) is 0 Å². The van der Waals surface area contributed by atoms with Crippen LogP contribution in [0.3, 0.4) is 0 Å². The number of nitrogens with zero attached hydrogens (tertiary/aromatic N) is 1. The fourth-order valence-corrected chi connectivity index (χ4v) is 2.85. The summed E-state index contributed by atoms with van der Waals surface area (Å²) in [4.78, 5) is 28.7. The zero-order chi connectivity index (χ0) is 19.2. The molecule has 0 aliphatic carbocycles. The average molecular weight is 375 g/mol. The van der Waals surface area contributed by atoms with Crippen molar-refractivity contribution in [2.75, 3.05) is 17.2 Å². The molecular weight excluding hydrogens is 348 g/mol. The van der Waals surface area contributed by atoms with E-state index in [4.69, 9.17) is 0 Å². The van der Waals surface area contributed by atoms with Crippen LogP contribution in [0, 0.1) is 5.41 Å². The first-order chi connectivity index (χ1) is 12.3. The van der Waals surface area contributed by atoms with Crippen molar-refractivity contribution in [2.24, 2.45) is 5.41 Å². The molecular formula is C19H26N4O2S. The highest BCUT2D eigenvalue weighted by molar-refractivity contribution is 7.13. The third-order valence-electron chi connectivity index (χ3n) is 3.65. The number of anilines is 2. The average Bonchev–Trinajstić information content (AvgIpc) is 3.00. The molecule has 0 radical (unpaired) electrons. The highest BCUT2D eigenvalue weighted by Gasteiger charge is 2.22. The molecule has 140 valence electrons. The maximum absolute atomic E-state index is 12.3. The van der Waals surface area contributed by atoms with Gasteiger partial charge in [-0.2, -0.15) is 0 Å². The third kappa shape index (κ3) is 5.93. The second-order valence-corrected chi connectivity index (χ2v) is 7.87. The lowest BCUT2D eigenvalue weighted by atomic mass is 9.96. The standard InChI is InChI=1S/C19H26N4O2S/c1-5-20-11-13-8-6-7-9-15(13)22-16(24)10-14-12-26-18(21-14)23-17(25)19(2,3)4/h6-9,12,20H,5,10-11H2,1-4H3,(H,22,24)(H,21,23,25). The number of carbonyl (C=O) groups excluding carboxylic acids is 2. The Morgan fingerprint density at radius 2 is 1.88 bits per heavy atom. The second-order valence-electron chi connectivity index (χ2n) is 7.01. The Labute approximate surface area is 158 Å². The highest BCUT2D eigenvalue weighted by Crippen LogP contribution is 2.21. The zero-order valence-electron chi connectivity index (χ0n) is 15.7. The van der Waals surface area contributed by atoms with Crippen molar-refractivity contribution < 1.29 is 9.59 Å². The number of benzene rings is 1. The summed E-state index contributed by atoms with van der Waals surface area (Å²) in [5.41, 5.74) is 1.99. The van der Waals surface area contributed by atoms with Crippen molar-refractivity contribution in [2.45, 2.75) is 40.7 Å². The monoisotopic (exact) mass is 374 g/mol. The molecule has 0 atom stereocenters. The summed E-state index contributed by atoms with van der Waals surface area (Å²) in [5.74, 6) is -0.229. The number of para-hydroxylation sites is 1. The molecule has 26 heavy (non-hydrogen) atoms. The zero-order valence-corrected chi connectivity index (χ0v) is 16.5. The van der Waals surface area contributed by atoms with Crippen LogP contribution in [0.25, 0.3) is 0 Å². The number of hydrogen-bond donors (Lipinski definition) is 3. The summed E-state index contributed by atoms with van der Waals surface area (Å²) in [5, 5.41) is 11.3. The summed E-state index contributed by atoms with van der Waals surface area (Å²) in [7, 11) is 0. The van der Waals surface area contributed by atoms with Crippen LogP contribution >= 0.6 is 11.3 Å². The number of nitrogens with one attached hydrogen (secondary N) is 3. The molecule has 0 bridgehead atoms. The van der Waals surface area contributed by atoms with E-state index in [9.17, 15) is 9.59 Å². The van der Waals surface area contributed by atoms with Crippen LogP contribution in [0.5, 0.6) is 0 Å². The van der Waals surface area contributed by atoms with Gasteiger partial charge in [0.2, 0.25) is 11.8 Å². The van der Waals surface area contributed by atoms with E-state index >= 15 is 0 Å². The van der Waals surface area contributed by atoms with Gasteiger partial charge in [0.05, 0.1) is 12.1 Å². The Balaban J connectivity index is 1.96. The van der Waals surface area contributed by atoms with Gasteiger partial charge in [0.1, 0.15) is 0 Å². The smallest absolute Gasteiger partial charge is 0.231 e. The van der Waals surface area contributed by atoms with Gasteiger partial charge in [0.15, 0.2) is 5.13 Å². The molecule has 0 aliphatic rings. The van der Waals surface area contributed by atoms with Crippen molar-refractivity contribution >= 4 is 34.0 Å². The van der Waals surface area contributed by atoms with E-state index in [1.54, 1.807) is 5.38 Å². The van der Waals surface area contributed by atoms with Gasteiger partial charge < -0.3 is 16.0 Å². The van der Waals surface area contributed by atoms with E-state index in [1.807, 2.05) is 52.0 Å². The van der Waals surface area contributed by atoms with Gasteiger partial charge in [-0.25, -0.2) is 4.98 Å². The van der Waals surface area contributed by atoms with Gasteiger partial charge in [-0.1, -0.05) is 45.9 Å². The molecule has 2 rings (SSSR count).